The SMILES string of the molecule is CCCN(CCO)C(=O)c1ccc(C(=O)CC2=NC(C)(C)Cc3ccc(OC)cc32)cc1. The van der Waals surface area contributed by atoms with Gasteiger partial charge in [-0.1, -0.05) is 25.1 Å². The van der Waals surface area contributed by atoms with Crippen LogP contribution in [-0.2, 0) is 6.42 Å². The highest BCUT2D eigenvalue weighted by atomic mass is 16.5. The van der Waals surface area contributed by atoms with Crippen molar-refractivity contribution in [3.05, 3.63) is 64.7 Å². The molecule has 0 bridgehead atoms. The number of ketones is 1. The predicted molar refractivity (Wildman–Crippen MR) is 126 cm³/mol. The fourth-order valence-corrected chi connectivity index (χ4v) is 4.11. The molecule has 0 saturated carbocycles. The number of carbonyl (C=O) groups excluding carboxylic acids is 2. The molecule has 3 rings (SSSR count). The second-order valence-corrected chi connectivity index (χ2v) is 8.76. The number of methoxy groups -OCH3 is 1. The number of hydrogen-bond acceptors (Lipinski definition) is 5. The average molecular weight is 437 g/mol. The Morgan fingerprint density at radius 3 is 2.41 bits per heavy atom. The van der Waals surface area contributed by atoms with Gasteiger partial charge in [0.05, 0.1) is 31.4 Å². The van der Waals surface area contributed by atoms with Crippen LogP contribution in [0.4, 0.5) is 0 Å². The zero-order valence-electron chi connectivity index (χ0n) is 19.4. The Hall–Kier alpha value is -2.99. The molecule has 1 amide bonds. The minimum absolute atomic E-state index is 0.0463. The summed E-state index contributed by atoms with van der Waals surface area (Å²) in [6, 6.07) is 12.7. The molecule has 32 heavy (non-hydrogen) atoms. The van der Waals surface area contributed by atoms with Gasteiger partial charge in [0, 0.05) is 29.8 Å². The van der Waals surface area contributed by atoms with Crippen LogP contribution in [0, 0.1) is 0 Å². The number of fused-ring (bicyclic) bond motifs is 1. The van der Waals surface area contributed by atoms with Gasteiger partial charge in [-0.15, -0.1) is 0 Å². The number of aliphatic hydroxyl groups is 1. The molecule has 1 heterocycles. The van der Waals surface area contributed by atoms with E-state index in [4.69, 9.17) is 9.73 Å². The van der Waals surface area contributed by atoms with E-state index in [-0.39, 0.29) is 30.3 Å². The van der Waals surface area contributed by atoms with Crippen LogP contribution in [0.1, 0.15) is 65.5 Å². The Kier molecular flexibility index (Phi) is 7.46. The van der Waals surface area contributed by atoms with E-state index in [0.717, 1.165) is 35.4 Å². The fourth-order valence-electron chi connectivity index (χ4n) is 4.11. The molecular formula is C26H32N2O4. The first kappa shape index (κ1) is 23.7. The minimum Gasteiger partial charge on any atom is -0.497 e. The number of Topliss-reactive ketones (excluding diaryl/α,β-unsaturated/α-hetero) is 1. The number of hydrogen-bond donors (Lipinski definition) is 1. The molecule has 1 aliphatic heterocycles. The first-order valence-electron chi connectivity index (χ1n) is 11.1. The molecule has 0 spiro atoms. The third-order valence-electron chi connectivity index (χ3n) is 5.62. The third-order valence-corrected chi connectivity index (χ3v) is 5.62. The standard InChI is InChI=1S/C26H32N2O4/c1-5-12-28(13-14-29)25(31)19-8-6-18(7-9-19)24(30)16-23-22-15-21(32-4)11-10-20(22)17-26(2,3)27-23/h6-11,15,29H,5,12-14,16-17H2,1-4H3. The van der Waals surface area contributed by atoms with Gasteiger partial charge >= 0.3 is 0 Å². The number of rotatable bonds is 9. The molecule has 6 nitrogen and oxygen atoms in total. The van der Waals surface area contributed by atoms with E-state index in [1.165, 1.54) is 0 Å². The molecule has 0 atom stereocenters. The number of ether oxygens (including phenoxy) is 1. The third kappa shape index (κ3) is 5.43. The number of aliphatic hydroxyl groups excluding tert-OH is 1. The Bertz CT molecular complexity index is 1000. The number of nitrogens with zero attached hydrogens (tertiary/aromatic N) is 2. The second kappa shape index (κ2) is 10.1. The monoisotopic (exact) mass is 436 g/mol. The van der Waals surface area contributed by atoms with Gasteiger partial charge in [-0.05, 0) is 56.5 Å². The summed E-state index contributed by atoms with van der Waals surface area (Å²) in [6.07, 6.45) is 1.80. The molecule has 0 unspecified atom stereocenters. The number of carbonyl (C=O) groups is 2. The van der Waals surface area contributed by atoms with Gasteiger partial charge < -0.3 is 14.7 Å². The van der Waals surface area contributed by atoms with Crippen LogP contribution in [-0.4, -0.2) is 59.8 Å². The molecule has 1 aliphatic rings. The van der Waals surface area contributed by atoms with Gasteiger partial charge in [0.25, 0.3) is 5.91 Å². The maximum atomic E-state index is 13.1. The van der Waals surface area contributed by atoms with E-state index in [0.29, 0.717) is 24.2 Å². The summed E-state index contributed by atoms with van der Waals surface area (Å²) >= 11 is 0. The number of amides is 1. The second-order valence-electron chi connectivity index (χ2n) is 8.76. The van der Waals surface area contributed by atoms with Crippen molar-refractivity contribution in [3.8, 4) is 5.75 Å². The largest absolute Gasteiger partial charge is 0.497 e. The Morgan fingerprint density at radius 1 is 1.09 bits per heavy atom. The van der Waals surface area contributed by atoms with E-state index in [1.807, 2.05) is 25.1 Å². The van der Waals surface area contributed by atoms with Crippen molar-refractivity contribution in [1.29, 1.82) is 0 Å². The average Bonchev–Trinajstić information content (AvgIpc) is 2.77. The van der Waals surface area contributed by atoms with Crippen molar-refractivity contribution in [3.63, 3.8) is 0 Å². The lowest BCUT2D eigenvalue weighted by Gasteiger charge is -2.29. The molecule has 170 valence electrons. The minimum atomic E-state index is -0.275. The molecule has 0 radical (unpaired) electrons. The maximum absolute atomic E-state index is 13.1. The molecule has 0 aliphatic carbocycles. The van der Waals surface area contributed by atoms with E-state index in [9.17, 15) is 14.7 Å². The first-order valence-corrected chi connectivity index (χ1v) is 11.1. The number of benzene rings is 2. The molecule has 6 heteroatoms. The topological polar surface area (TPSA) is 79.2 Å². The predicted octanol–water partition coefficient (Wildman–Crippen LogP) is 3.94. The van der Waals surface area contributed by atoms with Gasteiger partial charge in [0.1, 0.15) is 5.75 Å². The summed E-state index contributed by atoms with van der Waals surface area (Å²) in [5, 5.41) is 9.21. The van der Waals surface area contributed by atoms with Crippen molar-refractivity contribution >= 4 is 17.4 Å². The summed E-state index contributed by atoms with van der Waals surface area (Å²) in [5.74, 6) is 0.556. The molecule has 0 aromatic heterocycles. The van der Waals surface area contributed by atoms with Gasteiger partial charge in [-0.2, -0.15) is 0 Å². The molecule has 2 aromatic rings. The van der Waals surface area contributed by atoms with Crippen LogP contribution in [0.25, 0.3) is 0 Å². The Balaban J connectivity index is 1.80. The van der Waals surface area contributed by atoms with Crippen molar-refractivity contribution in [2.24, 2.45) is 4.99 Å². The first-order chi connectivity index (χ1) is 15.3. The van der Waals surface area contributed by atoms with Crippen molar-refractivity contribution in [2.45, 2.75) is 45.6 Å². The Morgan fingerprint density at radius 2 is 1.78 bits per heavy atom. The Labute approximate surface area is 189 Å². The number of aliphatic imine (C=N–C) groups is 1. The zero-order chi connectivity index (χ0) is 23.3. The molecule has 2 aromatic carbocycles. The summed E-state index contributed by atoms with van der Waals surface area (Å²) < 4.78 is 5.37. The van der Waals surface area contributed by atoms with E-state index in [2.05, 4.69) is 13.8 Å². The highest BCUT2D eigenvalue weighted by molar-refractivity contribution is 6.17. The van der Waals surface area contributed by atoms with E-state index >= 15 is 0 Å². The van der Waals surface area contributed by atoms with Crippen LogP contribution in [0.15, 0.2) is 47.5 Å². The van der Waals surface area contributed by atoms with Crippen LogP contribution in [0.5, 0.6) is 5.75 Å². The van der Waals surface area contributed by atoms with Crippen molar-refractivity contribution < 1.29 is 19.4 Å². The smallest absolute Gasteiger partial charge is 0.253 e. The highest BCUT2D eigenvalue weighted by Gasteiger charge is 2.28. The highest BCUT2D eigenvalue weighted by Crippen LogP contribution is 2.31. The van der Waals surface area contributed by atoms with E-state index in [1.54, 1.807) is 36.3 Å². The van der Waals surface area contributed by atoms with Gasteiger partial charge in [-0.25, -0.2) is 0 Å². The molecule has 1 N–H and O–H groups in total. The lowest BCUT2D eigenvalue weighted by atomic mass is 9.85. The summed E-state index contributed by atoms with van der Waals surface area (Å²) in [7, 11) is 1.63. The lowest BCUT2D eigenvalue weighted by Crippen LogP contribution is -2.34. The maximum Gasteiger partial charge on any atom is 0.253 e. The molecular weight excluding hydrogens is 404 g/mol. The fraction of sp³-hybridized carbons (Fsp3) is 0.423. The van der Waals surface area contributed by atoms with Gasteiger partial charge in [0.2, 0.25) is 0 Å². The van der Waals surface area contributed by atoms with Crippen LogP contribution in [0.3, 0.4) is 0 Å². The zero-order valence-corrected chi connectivity index (χ0v) is 19.4. The van der Waals surface area contributed by atoms with E-state index < -0.39 is 0 Å². The summed E-state index contributed by atoms with van der Waals surface area (Å²) in [5.41, 5.74) is 3.66. The summed E-state index contributed by atoms with van der Waals surface area (Å²) in [4.78, 5) is 32.2. The van der Waals surface area contributed by atoms with Gasteiger partial charge in [0.15, 0.2) is 5.78 Å². The van der Waals surface area contributed by atoms with Gasteiger partial charge in [-0.3, -0.25) is 14.6 Å². The van der Waals surface area contributed by atoms with Crippen molar-refractivity contribution in [2.75, 3.05) is 26.8 Å². The van der Waals surface area contributed by atoms with Crippen molar-refractivity contribution in [1.82, 2.24) is 4.90 Å². The lowest BCUT2D eigenvalue weighted by molar-refractivity contribution is 0.0721. The van der Waals surface area contributed by atoms with Crippen LogP contribution >= 0.6 is 0 Å². The normalized spacial score (nSPS) is 14.3. The summed E-state index contributed by atoms with van der Waals surface area (Å²) in [6.45, 7) is 6.93. The molecule has 0 fully saturated rings. The van der Waals surface area contributed by atoms with Crippen LogP contribution in [0.2, 0.25) is 0 Å². The molecule has 0 saturated heterocycles. The quantitative estimate of drug-likeness (QED) is 0.604. The van der Waals surface area contributed by atoms with Crippen LogP contribution < -0.4 is 4.74 Å².